The van der Waals surface area contributed by atoms with Gasteiger partial charge in [0.1, 0.15) is 0 Å². The Hall–Kier alpha value is 0.318. The molecule has 0 bridgehead atoms. The Kier molecular flexibility index (Phi) is 2.71. The van der Waals surface area contributed by atoms with Gasteiger partial charge in [-0.15, -0.1) is 0 Å². The summed E-state index contributed by atoms with van der Waals surface area (Å²) in [4.78, 5) is 0. The van der Waals surface area contributed by atoms with Crippen molar-refractivity contribution in [2.45, 2.75) is 5.71 Å². The first-order valence-electron chi connectivity index (χ1n) is 1.22. The summed E-state index contributed by atoms with van der Waals surface area (Å²) in [5.41, 5.74) is 1.59. The minimum absolute atomic E-state index is 1.45. The summed E-state index contributed by atoms with van der Waals surface area (Å²) in [5, 5.41) is 0. The third kappa shape index (κ3) is 4.32. The molecular formula is C2H6AsO2. The first-order chi connectivity index (χ1) is 2.27. The van der Waals surface area contributed by atoms with Crippen LogP contribution in [0.3, 0.4) is 0 Å². The van der Waals surface area contributed by atoms with Crippen molar-refractivity contribution in [3.05, 3.63) is 0 Å². The van der Waals surface area contributed by atoms with Gasteiger partial charge < -0.3 is 0 Å². The van der Waals surface area contributed by atoms with Gasteiger partial charge in [-0.3, -0.25) is 0 Å². The van der Waals surface area contributed by atoms with Gasteiger partial charge >= 0.3 is 35.2 Å². The molecule has 0 aromatic rings. The molecule has 0 saturated carbocycles. The van der Waals surface area contributed by atoms with Crippen LogP contribution in [0, 0.1) is 0 Å². The van der Waals surface area contributed by atoms with Crippen LogP contribution >= 0.6 is 0 Å². The molecule has 3 heteroatoms. The van der Waals surface area contributed by atoms with Gasteiger partial charge in [0.25, 0.3) is 0 Å². The Morgan fingerprint density at radius 1 is 1.80 bits per heavy atom. The Labute approximate surface area is 36.0 Å². The van der Waals surface area contributed by atoms with Crippen LogP contribution in [0.1, 0.15) is 0 Å². The van der Waals surface area contributed by atoms with E-state index in [2.05, 4.69) is 3.73 Å². The van der Waals surface area contributed by atoms with Crippen molar-refractivity contribution in [1.82, 2.24) is 0 Å². The van der Waals surface area contributed by atoms with Crippen molar-refractivity contribution in [2.24, 2.45) is 0 Å². The zero-order valence-corrected chi connectivity index (χ0v) is 5.14. The molecule has 1 atom stereocenters. The molecule has 0 fully saturated rings. The maximum atomic E-state index is 9.82. The third-order valence-electron chi connectivity index (χ3n) is 0.257. The molecule has 1 unspecified atom stereocenters. The molecule has 0 rings (SSSR count). The Morgan fingerprint density at radius 2 is 2.00 bits per heavy atom. The summed E-state index contributed by atoms with van der Waals surface area (Å²) in [6, 6.07) is 0. The summed E-state index contributed by atoms with van der Waals surface area (Å²) < 4.78 is 14.2. The topological polar surface area (TPSA) is 26.3 Å². The average molecular weight is 137 g/mol. The van der Waals surface area contributed by atoms with Crippen LogP contribution in [0.4, 0.5) is 0 Å². The molecular weight excluding hydrogens is 131 g/mol. The van der Waals surface area contributed by atoms with Gasteiger partial charge in [0.05, 0.1) is 0 Å². The normalized spacial score (nSPS) is 11.2. The zero-order chi connectivity index (χ0) is 4.28. The Balaban J connectivity index is 2.85. The van der Waals surface area contributed by atoms with Crippen molar-refractivity contribution in [1.29, 1.82) is 0 Å². The van der Waals surface area contributed by atoms with Gasteiger partial charge in [0.15, 0.2) is 0 Å². The summed E-state index contributed by atoms with van der Waals surface area (Å²) >= 11 is -1.95. The predicted molar refractivity (Wildman–Crippen MR) is 19.3 cm³/mol. The predicted octanol–water partition coefficient (Wildman–Crippen LogP) is 0.181. The molecule has 1 radical (unpaired) electrons. The molecule has 0 N–H and O–H groups in total. The minimum atomic E-state index is -1.95. The first kappa shape index (κ1) is 5.32. The SMILES string of the molecule is CO[As](C)=O. The van der Waals surface area contributed by atoms with Crippen LogP contribution in [-0.2, 0) is 7.47 Å². The molecule has 0 aromatic heterocycles. The van der Waals surface area contributed by atoms with Gasteiger partial charge in [0.2, 0.25) is 0 Å². The fourth-order valence-corrected chi connectivity index (χ4v) is 0. The van der Waals surface area contributed by atoms with Crippen LogP contribution in [0.2, 0.25) is 5.71 Å². The first-order valence-corrected chi connectivity index (χ1v) is 4.63. The van der Waals surface area contributed by atoms with Crippen molar-refractivity contribution in [2.75, 3.05) is 7.11 Å². The van der Waals surface area contributed by atoms with Crippen LogP contribution in [0.5, 0.6) is 0 Å². The molecule has 0 heterocycles. The van der Waals surface area contributed by atoms with E-state index in [1.54, 1.807) is 5.71 Å². The fourth-order valence-electron chi connectivity index (χ4n) is 0. The second-order valence-electron chi connectivity index (χ2n) is 0.622. The van der Waals surface area contributed by atoms with E-state index >= 15 is 0 Å². The molecule has 0 aliphatic rings. The van der Waals surface area contributed by atoms with E-state index in [4.69, 9.17) is 0 Å². The van der Waals surface area contributed by atoms with Crippen LogP contribution in [-0.4, -0.2) is 22.0 Å². The molecule has 0 aliphatic heterocycles. The molecule has 2 nitrogen and oxygen atoms in total. The molecule has 5 heavy (non-hydrogen) atoms. The standard InChI is InChI=1S/C2H6AsO2/c1-3(4)5-2/h1-2H3. The van der Waals surface area contributed by atoms with E-state index in [0.29, 0.717) is 0 Å². The van der Waals surface area contributed by atoms with Gasteiger partial charge in [-0.2, -0.15) is 0 Å². The van der Waals surface area contributed by atoms with Gasteiger partial charge in [-0.25, -0.2) is 0 Å². The quantitative estimate of drug-likeness (QED) is 0.482. The van der Waals surface area contributed by atoms with Gasteiger partial charge in [-0.05, 0) is 0 Å². The van der Waals surface area contributed by atoms with Crippen molar-refractivity contribution in [3.8, 4) is 0 Å². The van der Waals surface area contributed by atoms with Gasteiger partial charge in [-0.1, -0.05) is 0 Å². The number of rotatable bonds is 1. The number of hydrogen-bond donors (Lipinski definition) is 0. The molecule has 31 valence electrons. The summed E-state index contributed by atoms with van der Waals surface area (Å²) in [6.45, 7) is 0. The van der Waals surface area contributed by atoms with E-state index in [1.165, 1.54) is 7.11 Å². The Bertz CT molecular complexity index is 42.9. The molecule has 0 spiro atoms. The maximum absolute atomic E-state index is 9.82. The molecule has 0 aliphatic carbocycles. The van der Waals surface area contributed by atoms with Crippen molar-refractivity contribution in [3.63, 3.8) is 0 Å². The van der Waals surface area contributed by atoms with Gasteiger partial charge in [0, 0.05) is 0 Å². The monoisotopic (exact) mass is 137 g/mol. The second kappa shape index (κ2) is 2.55. The second-order valence-corrected chi connectivity index (χ2v) is 3.23. The molecule has 0 saturated heterocycles. The average Bonchev–Trinajstić information content (AvgIpc) is 1.38. The van der Waals surface area contributed by atoms with E-state index in [9.17, 15) is 3.74 Å². The summed E-state index contributed by atoms with van der Waals surface area (Å²) in [6.07, 6.45) is 0. The van der Waals surface area contributed by atoms with E-state index in [1.807, 2.05) is 0 Å². The fraction of sp³-hybridized carbons (Fsp3) is 1.00. The van der Waals surface area contributed by atoms with E-state index in [0.717, 1.165) is 0 Å². The van der Waals surface area contributed by atoms with Crippen LogP contribution in [0.25, 0.3) is 0 Å². The summed E-state index contributed by atoms with van der Waals surface area (Å²) in [5.74, 6) is 0. The van der Waals surface area contributed by atoms with Crippen molar-refractivity contribution >= 4 is 14.9 Å². The van der Waals surface area contributed by atoms with Crippen molar-refractivity contribution < 1.29 is 7.47 Å². The van der Waals surface area contributed by atoms with Crippen LogP contribution in [0.15, 0.2) is 0 Å². The number of hydrogen-bond acceptors (Lipinski definition) is 2. The third-order valence-corrected chi connectivity index (χ3v) is 1.34. The van der Waals surface area contributed by atoms with E-state index in [-0.39, 0.29) is 0 Å². The molecule has 0 amide bonds. The molecule has 0 aromatic carbocycles. The van der Waals surface area contributed by atoms with Crippen LogP contribution < -0.4 is 0 Å². The summed E-state index contributed by atoms with van der Waals surface area (Å²) in [7, 11) is 1.45. The zero-order valence-electron chi connectivity index (χ0n) is 3.26. The van der Waals surface area contributed by atoms with E-state index < -0.39 is 14.9 Å². The Morgan fingerprint density at radius 3 is 2.00 bits per heavy atom.